The number of amides is 2. The quantitative estimate of drug-likeness (QED) is 0.545. The van der Waals surface area contributed by atoms with E-state index in [1.165, 1.54) is 25.3 Å². The Bertz CT molecular complexity index is 1120. The number of ether oxygens (including phenoxy) is 3. The first-order chi connectivity index (χ1) is 15.4. The highest BCUT2D eigenvalue weighted by molar-refractivity contribution is 6.04. The van der Waals surface area contributed by atoms with E-state index in [1.807, 2.05) is 0 Å². The summed E-state index contributed by atoms with van der Waals surface area (Å²) in [5.41, 5.74) is 0.410. The number of nitrogens with one attached hydrogen (secondary N) is 2. The van der Waals surface area contributed by atoms with Gasteiger partial charge in [-0.15, -0.1) is 0 Å². The van der Waals surface area contributed by atoms with Gasteiger partial charge in [0.15, 0.2) is 18.1 Å². The molecule has 0 radical (unpaired) electrons. The maximum atomic E-state index is 13.8. The number of anilines is 2. The number of halogens is 2. The average Bonchev–Trinajstić information content (AvgIpc) is 2.80. The first-order valence-corrected chi connectivity index (χ1v) is 9.40. The van der Waals surface area contributed by atoms with E-state index in [-0.39, 0.29) is 29.4 Å². The van der Waals surface area contributed by atoms with Crippen molar-refractivity contribution in [3.8, 4) is 17.2 Å². The molecule has 9 heteroatoms. The number of hydrogen-bond donors (Lipinski definition) is 2. The highest BCUT2D eigenvalue weighted by Crippen LogP contribution is 2.29. The maximum absolute atomic E-state index is 13.8. The predicted octanol–water partition coefficient (Wildman–Crippen LogP) is 4.25. The van der Waals surface area contributed by atoms with E-state index >= 15 is 0 Å². The van der Waals surface area contributed by atoms with Crippen LogP contribution in [0.4, 0.5) is 20.2 Å². The molecule has 3 aromatic carbocycles. The Hall–Kier alpha value is -4.14. The molecule has 32 heavy (non-hydrogen) atoms. The molecule has 0 unspecified atom stereocenters. The van der Waals surface area contributed by atoms with Crippen molar-refractivity contribution in [2.24, 2.45) is 0 Å². The number of carbonyl (C=O) groups excluding carboxylic acids is 2. The molecule has 0 saturated heterocycles. The number of benzene rings is 3. The number of hydrogen-bond acceptors (Lipinski definition) is 5. The highest BCUT2D eigenvalue weighted by Gasteiger charge is 2.15. The zero-order chi connectivity index (χ0) is 23.1. The van der Waals surface area contributed by atoms with Gasteiger partial charge in [0.05, 0.1) is 19.9 Å². The summed E-state index contributed by atoms with van der Waals surface area (Å²) in [6.07, 6.45) is 0. The third kappa shape index (κ3) is 5.72. The molecule has 2 N–H and O–H groups in total. The van der Waals surface area contributed by atoms with Gasteiger partial charge in [0, 0.05) is 17.3 Å². The number of rotatable bonds is 8. The van der Waals surface area contributed by atoms with Gasteiger partial charge in [0.2, 0.25) is 0 Å². The summed E-state index contributed by atoms with van der Waals surface area (Å²) in [4.78, 5) is 24.5. The molecule has 0 spiro atoms. The molecule has 0 bridgehead atoms. The van der Waals surface area contributed by atoms with Crippen molar-refractivity contribution in [1.82, 2.24) is 0 Å². The summed E-state index contributed by atoms with van der Waals surface area (Å²) in [5.74, 6) is -1.45. The molecule has 2 amide bonds. The topological polar surface area (TPSA) is 85.9 Å². The zero-order valence-electron chi connectivity index (χ0n) is 17.3. The Morgan fingerprint density at radius 1 is 0.844 bits per heavy atom. The summed E-state index contributed by atoms with van der Waals surface area (Å²) in [6.45, 7) is -0.303. The van der Waals surface area contributed by atoms with Gasteiger partial charge in [-0.1, -0.05) is 0 Å². The molecule has 0 aliphatic rings. The Morgan fingerprint density at radius 2 is 1.59 bits per heavy atom. The van der Waals surface area contributed by atoms with Gasteiger partial charge in [-0.3, -0.25) is 9.59 Å². The van der Waals surface area contributed by atoms with Gasteiger partial charge >= 0.3 is 0 Å². The van der Waals surface area contributed by atoms with E-state index in [4.69, 9.17) is 14.2 Å². The van der Waals surface area contributed by atoms with Crippen LogP contribution < -0.4 is 24.8 Å². The van der Waals surface area contributed by atoms with Crippen LogP contribution in [0.5, 0.6) is 17.2 Å². The molecule has 0 aliphatic heterocycles. The minimum Gasteiger partial charge on any atom is -0.497 e. The second kappa shape index (κ2) is 10.3. The van der Waals surface area contributed by atoms with Crippen molar-refractivity contribution < 1.29 is 32.6 Å². The van der Waals surface area contributed by atoms with E-state index in [9.17, 15) is 18.4 Å². The maximum Gasteiger partial charge on any atom is 0.262 e. The van der Waals surface area contributed by atoms with Crippen LogP contribution in [-0.2, 0) is 4.79 Å². The van der Waals surface area contributed by atoms with Gasteiger partial charge < -0.3 is 24.8 Å². The second-order valence-corrected chi connectivity index (χ2v) is 6.51. The standard InChI is InChI=1S/C23H20F2N2O5/c1-30-17-7-5-16(6-8-17)26-22(28)13-32-20-10-3-14(11-21(20)31-2)23(29)27-19-12-15(24)4-9-18(19)25/h3-12H,13H2,1-2H3,(H,26,28)(H,27,29). The van der Waals surface area contributed by atoms with Crippen LogP contribution in [0.15, 0.2) is 60.7 Å². The molecule has 0 fully saturated rings. The van der Waals surface area contributed by atoms with Crippen LogP contribution in [0.25, 0.3) is 0 Å². The highest BCUT2D eigenvalue weighted by atomic mass is 19.1. The summed E-state index contributed by atoms with van der Waals surface area (Å²) in [6, 6.07) is 13.7. The summed E-state index contributed by atoms with van der Waals surface area (Å²) in [7, 11) is 2.91. The Kier molecular flexibility index (Phi) is 7.22. The smallest absolute Gasteiger partial charge is 0.262 e. The lowest BCUT2D eigenvalue weighted by Crippen LogP contribution is -2.20. The van der Waals surface area contributed by atoms with Gasteiger partial charge in [-0.2, -0.15) is 0 Å². The Morgan fingerprint density at radius 3 is 2.28 bits per heavy atom. The average molecular weight is 442 g/mol. The monoisotopic (exact) mass is 442 g/mol. The normalized spacial score (nSPS) is 10.2. The SMILES string of the molecule is COc1ccc(NC(=O)COc2ccc(C(=O)Nc3cc(F)ccc3F)cc2OC)cc1. The van der Waals surface area contributed by atoms with Crippen molar-refractivity contribution in [3.05, 3.63) is 77.9 Å². The molecule has 3 aromatic rings. The first-order valence-electron chi connectivity index (χ1n) is 9.40. The van der Waals surface area contributed by atoms with E-state index in [2.05, 4.69) is 10.6 Å². The molecule has 0 heterocycles. The Labute approximate surface area is 182 Å². The largest absolute Gasteiger partial charge is 0.497 e. The lowest BCUT2D eigenvalue weighted by Gasteiger charge is -2.13. The lowest BCUT2D eigenvalue weighted by atomic mass is 10.1. The molecule has 0 aromatic heterocycles. The van der Waals surface area contributed by atoms with Crippen LogP contribution in [0, 0.1) is 11.6 Å². The van der Waals surface area contributed by atoms with Crippen LogP contribution in [0.3, 0.4) is 0 Å². The van der Waals surface area contributed by atoms with E-state index < -0.39 is 23.4 Å². The molecular weight excluding hydrogens is 422 g/mol. The minimum absolute atomic E-state index is 0.126. The fourth-order valence-corrected chi connectivity index (χ4v) is 2.73. The van der Waals surface area contributed by atoms with Gasteiger partial charge in [0.1, 0.15) is 17.4 Å². The first kappa shape index (κ1) is 22.5. The van der Waals surface area contributed by atoms with Crippen LogP contribution in [0.2, 0.25) is 0 Å². The van der Waals surface area contributed by atoms with E-state index in [0.29, 0.717) is 11.4 Å². The molecule has 3 rings (SSSR count). The molecule has 0 atom stereocenters. The number of carbonyl (C=O) groups is 2. The van der Waals surface area contributed by atoms with Crippen molar-refractivity contribution in [2.75, 3.05) is 31.5 Å². The fraction of sp³-hybridized carbons (Fsp3) is 0.130. The zero-order valence-corrected chi connectivity index (χ0v) is 17.3. The molecule has 166 valence electrons. The second-order valence-electron chi connectivity index (χ2n) is 6.51. The van der Waals surface area contributed by atoms with Gasteiger partial charge in [-0.05, 0) is 54.6 Å². The minimum atomic E-state index is -0.769. The Balaban J connectivity index is 1.63. The van der Waals surface area contributed by atoms with Crippen molar-refractivity contribution in [1.29, 1.82) is 0 Å². The summed E-state index contributed by atoms with van der Waals surface area (Å²) in [5, 5.41) is 4.98. The van der Waals surface area contributed by atoms with Crippen LogP contribution in [-0.4, -0.2) is 32.6 Å². The van der Waals surface area contributed by atoms with Crippen LogP contribution in [0.1, 0.15) is 10.4 Å². The summed E-state index contributed by atoms with van der Waals surface area (Å²) < 4.78 is 42.8. The van der Waals surface area contributed by atoms with Crippen LogP contribution >= 0.6 is 0 Å². The molecular formula is C23H20F2N2O5. The molecule has 0 saturated carbocycles. The summed E-state index contributed by atoms with van der Waals surface area (Å²) >= 11 is 0. The van der Waals surface area contributed by atoms with Crippen molar-refractivity contribution in [2.45, 2.75) is 0 Å². The third-order valence-corrected chi connectivity index (χ3v) is 4.33. The third-order valence-electron chi connectivity index (χ3n) is 4.33. The van der Waals surface area contributed by atoms with Gasteiger partial charge in [-0.25, -0.2) is 8.78 Å². The van der Waals surface area contributed by atoms with E-state index in [1.54, 1.807) is 31.4 Å². The van der Waals surface area contributed by atoms with Crippen molar-refractivity contribution >= 4 is 23.2 Å². The number of methoxy groups -OCH3 is 2. The predicted molar refractivity (Wildman–Crippen MR) is 114 cm³/mol. The van der Waals surface area contributed by atoms with Gasteiger partial charge in [0.25, 0.3) is 11.8 Å². The molecule has 0 aliphatic carbocycles. The molecule has 7 nitrogen and oxygen atoms in total. The fourth-order valence-electron chi connectivity index (χ4n) is 2.73. The van der Waals surface area contributed by atoms with Crippen molar-refractivity contribution in [3.63, 3.8) is 0 Å². The lowest BCUT2D eigenvalue weighted by molar-refractivity contribution is -0.118. The van der Waals surface area contributed by atoms with E-state index in [0.717, 1.165) is 18.2 Å².